The average Bonchev–Trinajstić information content (AvgIpc) is 3.06. The highest BCUT2D eigenvalue weighted by Gasteiger charge is 2.10. The molecule has 0 saturated heterocycles. The minimum absolute atomic E-state index is 0.506. The van der Waals surface area contributed by atoms with E-state index < -0.39 is 0 Å². The Morgan fingerprint density at radius 3 is 2.59 bits per heavy atom. The number of rotatable bonds is 2. The second kappa shape index (κ2) is 5.48. The standard InChI is InChI=1S/C17H10ClN3S/c18-16-13-4-2-1-3-12(13)9-14(20-16)15-10-22-17(21-15)11-5-7-19-8-6-11/h1-10H. The van der Waals surface area contributed by atoms with Crippen LogP contribution in [0, 0.1) is 0 Å². The Labute approximate surface area is 136 Å². The highest BCUT2D eigenvalue weighted by atomic mass is 35.5. The molecule has 0 amide bonds. The van der Waals surface area contributed by atoms with E-state index >= 15 is 0 Å². The van der Waals surface area contributed by atoms with E-state index in [9.17, 15) is 0 Å². The van der Waals surface area contributed by atoms with E-state index in [0.717, 1.165) is 32.7 Å². The molecule has 0 bridgehead atoms. The Morgan fingerprint density at radius 2 is 1.73 bits per heavy atom. The van der Waals surface area contributed by atoms with Crippen LogP contribution in [-0.2, 0) is 0 Å². The SMILES string of the molecule is Clc1nc(-c2csc(-c3ccncc3)n2)cc2ccccc12. The Morgan fingerprint density at radius 1 is 0.909 bits per heavy atom. The number of fused-ring (bicyclic) bond motifs is 1. The van der Waals surface area contributed by atoms with Crippen LogP contribution in [0.1, 0.15) is 0 Å². The summed E-state index contributed by atoms with van der Waals surface area (Å²) in [6.07, 6.45) is 3.53. The lowest BCUT2D eigenvalue weighted by Crippen LogP contribution is -1.87. The van der Waals surface area contributed by atoms with Gasteiger partial charge in [-0.2, -0.15) is 0 Å². The summed E-state index contributed by atoms with van der Waals surface area (Å²) in [5.41, 5.74) is 2.68. The highest BCUT2D eigenvalue weighted by molar-refractivity contribution is 7.13. The number of benzene rings is 1. The summed E-state index contributed by atoms with van der Waals surface area (Å²) < 4.78 is 0. The molecule has 0 N–H and O–H groups in total. The van der Waals surface area contributed by atoms with Gasteiger partial charge in [0, 0.05) is 28.7 Å². The molecule has 0 fully saturated rings. The van der Waals surface area contributed by atoms with Crippen molar-refractivity contribution < 1.29 is 0 Å². The summed E-state index contributed by atoms with van der Waals surface area (Å²) in [5.74, 6) is 0. The molecule has 0 aliphatic carbocycles. The van der Waals surface area contributed by atoms with Gasteiger partial charge in [-0.05, 0) is 23.6 Å². The molecular formula is C17H10ClN3S. The molecule has 0 radical (unpaired) electrons. The summed E-state index contributed by atoms with van der Waals surface area (Å²) in [6.45, 7) is 0. The number of pyridine rings is 2. The van der Waals surface area contributed by atoms with Crippen LogP contribution in [-0.4, -0.2) is 15.0 Å². The van der Waals surface area contributed by atoms with Crippen LogP contribution in [0.4, 0.5) is 0 Å². The van der Waals surface area contributed by atoms with Crippen molar-refractivity contribution in [2.45, 2.75) is 0 Å². The first kappa shape index (κ1) is 13.4. The predicted molar refractivity (Wildman–Crippen MR) is 91.1 cm³/mol. The molecule has 5 heteroatoms. The topological polar surface area (TPSA) is 38.7 Å². The third kappa shape index (κ3) is 2.36. The number of nitrogens with zero attached hydrogens (tertiary/aromatic N) is 3. The van der Waals surface area contributed by atoms with Gasteiger partial charge >= 0.3 is 0 Å². The molecule has 3 aromatic heterocycles. The summed E-state index contributed by atoms with van der Waals surface area (Å²) in [5, 5.41) is 5.48. The maximum absolute atomic E-state index is 6.29. The largest absolute Gasteiger partial charge is 0.265 e. The van der Waals surface area contributed by atoms with Crippen molar-refractivity contribution in [3.63, 3.8) is 0 Å². The quantitative estimate of drug-likeness (QED) is 0.483. The van der Waals surface area contributed by atoms with E-state index in [2.05, 4.69) is 15.0 Å². The first-order valence-electron chi connectivity index (χ1n) is 6.73. The second-order valence-electron chi connectivity index (χ2n) is 4.79. The highest BCUT2D eigenvalue weighted by Crippen LogP contribution is 2.31. The molecule has 0 saturated carbocycles. The van der Waals surface area contributed by atoms with Gasteiger partial charge in [0.15, 0.2) is 0 Å². The monoisotopic (exact) mass is 323 g/mol. The molecule has 0 aliphatic rings. The van der Waals surface area contributed by atoms with Gasteiger partial charge in [0.2, 0.25) is 0 Å². The summed E-state index contributed by atoms with van der Waals surface area (Å²) in [4.78, 5) is 13.2. The first-order valence-corrected chi connectivity index (χ1v) is 7.98. The third-order valence-electron chi connectivity index (χ3n) is 3.39. The molecule has 4 aromatic rings. The van der Waals surface area contributed by atoms with Crippen molar-refractivity contribution in [2.24, 2.45) is 0 Å². The molecule has 0 spiro atoms. The van der Waals surface area contributed by atoms with Crippen LogP contribution in [0.3, 0.4) is 0 Å². The zero-order chi connectivity index (χ0) is 14.9. The van der Waals surface area contributed by atoms with Crippen LogP contribution in [0.5, 0.6) is 0 Å². The minimum atomic E-state index is 0.506. The van der Waals surface area contributed by atoms with Crippen LogP contribution in [0.25, 0.3) is 32.7 Å². The van der Waals surface area contributed by atoms with Crippen LogP contribution in [0.2, 0.25) is 5.15 Å². The Kier molecular flexibility index (Phi) is 3.33. The predicted octanol–water partition coefficient (Wildman–Crippen LogP) is 5.07. The van der Waals surface area contributed by atoms with Crippen molar-refractivity contribution in [3.8, 4) is 22.0 Å². The Bertz CT molecular complexity index is 950. The van der Waals surface area contributed by atoms with E-state index in [4.69, 9.17) is 11.6 Å². The fourth-order valence-corrected chi connectivity index (χ4v) is 3.39. The molecule has 22 heavy (non-hydrogen) atoms. The van der Waals surface area contributed by atoms with Crippen molar-refractivity contribution >= 4 is 33.7 Å². The maximum Gasteiger partial charge on any atom is 0.137 e. The van der Waals surface area contributed by atoms with Crippen LogP contribution in [0.15, 0.2) is 60.2 Å². The smallest absolute Gasteiger partial charge is 0.137 e. The lowest BCUT2D eigenvalue weighted by atomic mass is 10.1. The van der Waals surface area contributed by atoms with Crippen molar-refractivity contribution in [2.75, 3.05) is 0 Å². The van der Waals surface area contributed by atoms with Gasteiger partial charge in [0.25, 0.3) is 0 Å². The van der Waals surface area contributed by atoms with Gasteiger partial charge in [0.1, 0.15) is 15.9 Å². The van der Waals surface area contributed by atoms with Gasteiger partial charge < -0.3 is 0 Å². The summed E-state index contributed by atoms with van der Waals surface area (Å²) >= 11 is 7.88. The molecular weight excluding hydrogens is 314 g/mol. The van der Waals surface area contributed by atoms with Gasteiger partial charge in [-0.25, -0.2) is 9.97 Å². The van der Waals surface area contributed by atoms with E-state index in [-0.39, 0.29) is 0 Å². The average molecular weight is 324 g/mol. The summed E-state index contributed by atoms with van der Waals surface area (Å²) in [6, 6.07) is 13.9. The van der Waals surface area contributed by atoms with E-state index in [0.29, 0.717) is 5.15 Å². The molecule has 3 nitrogen and oxygen atoms in total. The zero-order valence-electron chi connectivity index (χ0n) is 11.4. The fraction of sp³-hybridized carbons (Fsp3) is 0. The Hall–Kier alpha value is -2.30. The zero-order valence-corrected chi connectivity index (χ0v) is 13.0. The molecule has 106 valence electrons. The third-order valence-corrected chi connectivity index (χ3v) is 4.57. The van der Waals surface area contributed by atoms with Crippen molar-refractivity contribution in [1.82, 2.24) is 15.0 Å². The van der Waals surface area contributed by atoms with E-state index in [1.165, 1.54) is 0 Å². The molecule has 0 aliphatic heterocycles. The number of hydrogen-bond acceptors (Lipinski definition) is 4. The van der Waals surface area contributed by atoms with Crippen LogP contribution >= 0.6 is 22.9 Å². The Balaban J connectivity index is 1.81. The summed E-state index contributed by atoms with van der Waals surface area (Å²) in [7, 11) is 0. The van der Waals surface area contributed by atoms with Crippen molar-refractivity contribution in [3.05, 3.63) is 65.4 Å². The normalized spacial score (nSPS) is 11.0. The number of halogens is 1. The number of aromatic nitrogens is 3. The molecule has 4 rings (SSSR count). The lowest BCUT2D eigenvalue weighted by Gasteiger charge is -2.03. The maximum atomic E-state index is 6.29. The van der Waals surface area contributed by atoms with E-state index in [1.54, 1.807) is 23.7 Å². The molecule has 0 unspecified atom stereocenters. The molecule has 3 heterocycles. The molecule has 0 atom stereocenters. The van der Waals surface area contributed by atoms with Gasteiger partial charge in [0.05, 0.1) is 5.69 Å². The molecule has 1 aromatic carbocycles. The second-order valence-corrected chi connectivity index (χ2v) is 6.01. The first-order chi connectivity index (χ1) is 10.8. The van der Waals surface area contributed by atoms with Gasteiger partial charge in [-0.1, -0.05) is 35.9 Å². The van der Waals surface area contributed by atoms with Crippen LogP contribution < -0.4 is 0 Å². The number of thiazole rings is 1. The van der Waals surface area contributed by atoms with E-state index in [1.807, 2.05) is 47.8 Å². The number of hydrogen-bond donors (Lipinski definition) is 0. The van der Waals surface area contributed by atoms with Gasteiger partial charge in [-0.3, -0.25) is 4.98 Å². The lowest BCUT2D eigenvalue weighted by molar-refractivity contribution is 1.29. The minimum Gasteiger partial charge on any atom is -0.265 e. The van der Waals surface area contributed by atoms with Crippen molar-refractivity contribution in [1.29, 1.82) is 0 Å². The fourth-order valence-electron chi connectivity index (χ4n) is 2.31. The van der Waals surface area contributed by atoms with Gasteiger partial charge in [-0.15, -0.1) is 11.3 Å².